The van der Waals surface area contributed by atoms with Crippen LogP contribution in [0.3, 0.4) is 0 Å². The molecule has 1 aromatic rings. The van der Waals surface area contributed by atoms with Gasteiger partial charge >= 0.3 is 6.09 Å². The van der Waals surface area contributed by atoms with Crippen molar-refractivity contribution >= 4 is 6.09 Å². The van der Waals surface area contributed by atoms with E-state index in [9.17, 15) is 4.79 Å². The molecule has 0 aliphatic carbocycles. The van der Waals surface area contributed by atoms with Crippen LogP contribution in [0.1, 0.15) is 25.8 Å². The summed E-state index contributed by atoms with van der Waals surface area (Å²) in [7, 11) is 0. The van der Waals surface area contributed by atoms with Gasteiger partial charge in [0.05, 0.1) is 12.6 Å². The molecule has 0 bridgehead atoms. The Balaban J connectivity index is 2.05. The predicted molar refractivity (Wildman–Crippen MR) is 74.1 cm³/mol. The minimum atomic E-state index is -0.398. The number of ether oxygens (including phenoxy) is 1. The largest absolute Gasteiger partial charge is 0.445 e. The van der Waals surface area contributed by atoms with E-state index in [2.05, 4.69) is 15.5 Å². The molecule has 0 radical (unpaired) electrons. The molecule has 0 unspecified atom stereocenters. The Hall–Kier alpha value is -1.91. The van der Waals surface area contributed by atoms with Gasteiger partial charge in [-0.3, -0.25) is 0 Å². The van der Waals surface area contributed by atoms with E-state index < -0.39 is 6.09 Å². The molecule has 1 aromatic carbocycles. The second-order valence-electron chi connectivity index (χ2n) is 4.42. The summed E-state index contributed by atoms with van der Waals surface area (Å²) >= 11 is 0. The van der Waals surface area contributed by atoms with Gasteiger partial charge in [0.2, 0.25) is 0 Å². The minimum absolute atomic E-state index is 0.226. The van der Waals surface area contributed by atoms with Gasteiger partial charge in [-0.05, 0) is 25.8 Å². The normalized spacial score (nSPS) is 10.9. The third kappa shape index (κ3) is 7.91. The van der Waals surface area contributed by atoms with Gasteiger partial charge in [-0.2, -0.15) is 10.2 Å². The highest BCUT2D eigenvalue weighted by Gasteiger charge is 2.01. The zero-order valence-corrected chi connectivity index (χ0v) is 11.5. The van der Waals surface area contributed by atoms with E-state index in [0.717, 1.165) is 12.0 Å². The molecule has 1 rings (SSSR count). The fourth-order valence-electron chi connectivity index (χ4n) is 1.34. The maximum absolute atomic E-state index is 11.4. The quantitative estimate of drug-likeness (QED) is 0.606. The second kappa shape index (κ2) is 9.08. The Morgan fingerprint density at radius 1 is 1.32 bits per heavy atom. The zero-order valence-electron chi connectivity index (χ0n) is 11.5. The first-order chi connectivity index (χ1) is 9.18. The van der Waals surface area contributed by atoms with Crippen LogP contribution in [0.15, 0.2) is 40.6 Å². The summed E-state index contributed by atoms with van der Waals surface area (Å²) in [5, 5.41) is 10.7. The fraction of sp³-hybridized carbons (Fsp3) is 0.500. The highest BCUT2D eigenvalue weighted by atomic mass is 16.5. The van der Waals surface area contributed by atoms with Gasteiger partial charge in [0, 0.05) is 6.54 Å². The fourth-order valence-corrected chi connectivity index (χ4v) is 1.34. The van der Waals surface area contributed by atoms with Crippen LogP contribution < -0.4 is 5.32 Å². The summed E-state index contributed by atoms with van der Waals surface area (Å²) in [6.45, 7) is 5.41. The van der Waals surface area contributed by atoms with Crippen molar-refractivity contribution < 1.29 is 9.53 Å². The lowest BCUT2D eigenvalue weighted by molar-refractivity contribution is 0.139. The van der Waals surface area contributed by atoms with Crippen molar-refractivity contribution in [2.24, 2.45) is 10.2 Å². The van der Waals surface area contributed by atoms with Crippen molar-refractivity contribution in [2.45, 2.75) is 32.9 Å². The van der Waals surface area contributed by atoms with Gasteiger partial charge in [0.1, 0.15) is 6.61 Å². The maximum Gasteiger partial charge on any atom is 0.407 e. The molecule has 0 spiro atoms. The number of hydrogen-bond acceptors (Lipinski definition) is 4. The molecule has 0 saturated carbocycles. The maximum atomic E-state index is 11.4. The SMILES string of the molecule is CC(C)N=NCCCNC(=O)OCc1ccccc1. The van der Waals surface area contributed by atoms with E-state index in [-0.39, 0.29) is 6.04 Å². The van der Waals surface area contributed by atoms with Crippen LogP contribution in [0.25, 0.3) is 0 Å². The number of nitrogens with zero attached hydrogens (tertiary/aromatic N) is 2. The van der Waals surface area contributed by atoms with Gasteiger partial charge in [0.15, 0.2) is 0 Å². The molecule has 0 heterocycles. The van der Waals surface area contributed by atoms with Crippen molar-refractivity contribution in [3.63, 3.8) is 0 Å². The van der Waals surface area contributed by atoms with Crippen molar-refractivity contribution in [2.75, 3.05) is 13.1 Å². The summed E-state index contributed by atoms with van der Waals surface area (Å²) in [4.78, 5) is 11.4. The number of hydrogen-bond donors (Lipinski definition) is 1. The standard InChI is InChI=1S/C14H21N3O2/c1-12(2)17-16-10-6-9-15-14(18)19-11-13-7-4-3-5-8-13/h3-5,7-8,12H,6,9-11H2,1-2H3,(H,15,18). The summed E-state index contributed by atoms with van der Waals surface area (Å²) < 4.78 is 5.07. The topological polar surface area (TPSA) is 63.0 Å². The van der Waals surface area contributed by atoms with Crippen LogP contribution in [0.5, 0.6) is 0 Å². The first-order valence-electron chi connectivity index (χ1n) is 6.49. The van der Waals surface area contributed by atoms with Gasteiger partial charge < -0.3 is 10.1 Å². The van der Waals surface area contributed by atoms with Gasteiger partial charge in [-0.1, -0.05) is 30.3 Å². The molecule has 19 heavy (non-hydrogen) atoms. The monoisotopic (exact) mass is 263 g/mol. The molecule has 5 heteroatoms. The zero-order chi connectivity index (χ0) is 13.9. The molecular weight excluding hydrogens is 242 g/mol. The number of benzene rings is 1. The molecule has 1 amide bonds. The van der Waals surface area contributed by atoms with Crippen molar-refractivity contribution in [1.82, 2.24) is 5.32 Å². The van der Waals surface area contributed by atoms with Crippen LogP contribution in [-0.2, 0) is 11.3 Å². The van der Waals surface area contributed by atoms with E-state index in [1.807, 2.05) is 44.2 Å². The lowest BCUT2D eigenvalue weighted by atomic mass is 10.2. The number of carbonyl (C=O) groups is 1. The molecule has 104 valence electrons. The Labute approximate surface area is 114 Å². The number of alkyl carbamates (subject to hydrolysis) is 1. The Kier molecular flexibility index (Phi) is 7.24. The molecule has 1 N–H and O–H groups in total. The molecule has 0 aliphatic rings. The first kappa shape index (κ1) is 15.1. The predicted octanol–water partition coefficient (Wildman–Crippen LogP) is 3.16. The van der Waals surface area contributed by atoms with E-state index in [4.69, 9.17) is 4.74 Å². The highest BCUT2D eigenvalue weighted by molar-refractivity contribution is 5.67. The van der Waals surface area contributed by atoms with Crippen molar-refractivity contribution in [1.29, 1.82) is 0 Å². The molecular formula is C14H21N3O2. The van der Waals surface area contributed by atoms with E-state index in [1.165, 1.54) is 0 Å². The number of amides is 1. The molecule has 0 fully saturated rings. The molecule has 0 aromatic heterocycles. The van der Waals surface area contributed by atoms with Gasteiger partial charge in [-0.15, -0.1) is 0 Å². The summed E-state index contributed by atoms with van der Waals surface area (Å²) in [5.74, 6) is 0. The number of nitrogens with one attached hydrogen (secondary N) is 1. The molecule has 5 nitrogen and oxygen atoms in total. The van der Waals surface area contributed by atoms with Crippen LogP contribution in [0.4, 0.5) is 4.79 Å². The highest BCUT2D eigenvalue weighted by Crippen LogP contribution is 2.00. The minimum Gasteiger partial charge on any atom is -0.445 e. The average molecular weight is 263 g/mol. The van der Waals surface area contributed by atoms with Gasteiger partial charge in [-0.25, -0.2) is 4.79 Å². The lowest BCUT2D eigenvalue weighted by Gasteiger charge is -2.06. The van der Waals surface area contributed by atoms with Gasteiger partial charge in [0.25, 0.3) is 0 Å². The first-order valence-corrected chi connectivity index (χ1v) is 6.49. The van der Waals surface area contributed by atoms with Crippen LogP contribution in [0.2, 0.25) is 0 Å². The average Bonchev–Trinajstić information content (AvgIpc) is 2.41. The van der Waals surface area contributed by atoms with E-state index >= 15 is 0 Å². The van der Waals surface area contributed by atoms with Crippen molar-refractivity contribution in [3.05, 3.63) is 35.9 Å². The van der Waals surface area contributed by atoms with Crippen LogP contribution in [0, 0.1) is 0 Å². The van der Waals surface area contributed by atoms with Crippen LogP contribution in [-0.4, -0.2) is 25.2 Å². The van der Waals surface area contributed by atoms with Crippen molar-refractivity contribution in [3.8, 4) is 0 Å². The third-order valence-corrected chi connectivity index (χ3v) is 2.23. The molecule has 0 aliphatic heterocycles. The number of carbonyl (C=O) groups excluding carboxylic acids is 1. The molecule has 0 saturated heterocycles. The smallest absolute Gasteiger partial charge is 0.407 e. The number of rotatable bonds is 7. The Morgan fingerprint density at radius 3 is 2.74 bits per heavy atom. The summed E-state index contributed by atoms with van der Waals surface area (Å²) in [6.07, 6.45) is 0.362. The van der Waals surface area contributed by atoms with Crippen LogP contribution >= 0.6 is 0 Å². The summed E-state index contributed by atoms with van der Waals surface area (Å²) in [6, 6.07) is 9.81. The number of azo groups is 1. The Morgan fingerprint density at radius 2 is 2.05 bits per heavy atom. The van der Waals surface area contributed by atoms with E-state index in [1.54, 1.807) is 0 Å². The Bertz CT molecular complexity index is 391. The molecule has 0 atom stereocenters. The van der Waals surface area contributed by atoms with E-state index in [0.29, 0.717) is 19.7 Å². The third-order valence-electron chi connectivity index (χ3n) is 2.23. The lowest BCUT2D eigenvalue weighted by Crippen LogP contribution is -2.25. The second-order valence-corrected chi connectivity index (χ2v) is 4.42. The summed E-state index contributed by atoms with van der Waals surface area (Å²) in [5.41, 5.74) is 0.975.